The fourth-order valence-corrected chi connectivity index (χ4v) is 0.811. The van der Waals surface area contributed by atoms with Crippen molar-refractivity contribution in [3.05, 3.63) is 0 Å². The number of nitrogens with two attached hydrogens (primary N) is 2. The van der Waals surface area contributed by atoms with E-state index in [-0.39, 0.29) is 6.54 Å². The van der Waals surface area contributed by atoms with E-state index in [9.17, 15) is 4.79 Å². The molecular weight excluding hydrogens is 162 g/mol. The molecule has 0 aliphatic carbocycles. The van der Waals surface area contributed by atoms with Gasteiger partial charge in [-0.05, 0) is 0 Å². The van der Waals surface area contributed by atoms with E-state index in [4.69, 9.17) is 16.7 Å². The van der Waals surface area contributed by atoms with Gasteiger partial charge in [0, 0.05) is 0 Å². The molecule has 1 aliphatic heterocycles. The van der Waals surface area contributed by atoms with Crippen LogP contribution >= 0.6 is 0 Å². The molecule has 0 spiro atoms. The Morgan fingerprint density at radius 3 is 2.92 bits per heavy atom. The van der Waals surface area contributed by atoms with Crippen LogP contribution in [-0.2, 0) is 4.79 Å². The molecule has 1 aliphatic rings. The number of carbonyl (C=O) groups is 1. The quantitative estimate of drug-likeness (QED) is 0.417. The van der Waals surface area contributed by atoms with Crippen LogP contribution in [0.25, 0.3) is 0 Å². The highest BCUT2D eigenvalue weighted by Crippen LogP contribution is 1.98. The molecule has 1 rings (SSSR count). The van der Waals surface area contributed by atoms with Crippen molar-refractivity contribution in [2.45, 2.75) is 6.04 Å². The second kappa shape index (κ2) is 3.37. The molecule has 7 nitrogen and oxygen atoms in total. The lowest BCUT2D eigenvalue weighted by atomic mass is 10.3. The molecule has 0 bridgehead atoms. The van der Waals surface area contributed by atoms with Gasteiger partial charge in [0.15, 0.2) is 0 Å². The van der Waals surface area contributed by atoms with Gasteiger partial charge in [0.05, 0.1) is 6.54 Å². The Kier molecular flexibility index (Phi) is 2.46. The number of carboxylic acid groups (broad SMARTS) is 1. The van der Waals surface area contributed by atoms with Crippen molar-refractivity contribution in [1.82, 2.24) is 10.0 Å². The van der Waals surface area contributed by atoms with Gasteiger partial charge < -0.3 is 10.8 Å². The Morgan fingerprint density at radius 2 is 2.50 bits per heavy atom. The molecule has 0 radical (unpaired) electrons. The largest absolute Gasteiger partial charge is 0.480 e. The zero-order chi connectivity index (χ0) is 9.14. The van der Waals surface area contributed by atoms with E-state index in [1.54, 1.807) is 0 Å². The van der Waals surface area contributed by atoms with Gasteiger partial charge >= 0.3 is 5.97 Å². The number of nitrogens with zero attached hydrogens (tertiary/aromatic N) is 3. The summed E-state index contributed by atoms with van der Waals surface area (Å²) >= 11 is 0. The molecule has 7 heteroatoms. The minimum Gasteiger partial charge on any atom is -0.480 e. The van der Waals surface area contributed by atoms with Gasteiger partial charge in [-0.3, -0.25) is 14.8 Å². The Labute approximate surface area is 69.2 Å². The highest BCUT2D eigenvalue weighted by atomic mass is 16.4. The average Bonchev–Trinajstić information content (AvgIpc) is 2.35. The molecule has 1 atom stereocenters. The number of aliphatic carboxylic acids is 1. The molecule has 0 amide bonds. The molecule has 0 saturated carbocycles. The summed E-state index contributed by atoms with van der Waals surface area (Å²) < 4.78 is 0. The summed E-state index contributed by atoms with van der Waals surface area (Å²) in [5.74, 6) is 4.29. The van der Waals surface area contributed by atoms with Crippen LogP contribution in [0.3, 0.4) is 0 Å². The lowest BCUT2D eigenvalue weighted by Crippen LogP contribution is -2.42. The van der Waals surface area contributed by atoms with Crippen LogP contribution in [0.1, 0.15) is 0 Å². The maximum Gasteiger partial charge on any atom is 0.322 e. The first-order valence-electron chi connectivity index (χ1n) is 3.38. The first-order valence-corrected chi connectivity index (χ1v) is 3.38. The zero-order valence-corrected chi connectivity index (χ0v) is 6.42. The summed E-state index contributed by atoms with van der Waals surface area (Å²) in [6, 6.07) is -0.923. The third kappa shape index (κ3) is 2.07. The van der Waals surface area contributed by atoms with Crippen molar-refractivity contribution < 1.29 is 9.90 Å². The van der Waals surface area contributed by atoms with Crippen molar-refractivity contribution in [1.29, 1.82) is 0 Å². The van der Waals surface area contributed by atoms with E-state index in [1.807, 2.05) is 0 Å². The molecule has 1 unspecified atom stereocenters. The number of hydrazone groups is 1. The average molecular weight is 173 g/mol. The van der Waals surface area contributed by atoms with Gasteiger partial charge in [0.25, 0.3) is 0 Å². The summed E-state index contributed by atoms with van der Waals surface area (Å²) in [7, 11) is 0. The second-order valence-corrected chi connectivity index (χ2v) is 2.52. The minimum atomic E-state index is -1.04. The molecule has 1 heterocycles. The van der Waals surface area contributed by atoms with Crippen molar-refractivity contribution in [2.75, 3.05) is 13.2 Å². The summed E-state index contributed by atoms with van der Waals surface area (Å²) in [6.45, 7) is 0.542. The zero-order valence-electron chi connectivity index (χ0n) is 6.42. The highest BCUT2D eigenvalue weighted by Gasteiger charge is 2.18. The van der Waals surface area contributed by atoms with Gasteiger partial charge in [-0.1, -0.05) is 0 Å². The van der Waals surface area contributed by atoms with E-state index in [1.165, 1.54) is 16.4 Å². The maximum absolute atomic E-state index is 10.3. The van der Waals surface area contributed by atoms with Crippen molar-refractivity contribution in [3.8, 4) is 0 Å². The molecule has 0 saturated heterocycles. The third-order valence-corrected chi connectivity index (χ3v) is 1.41. The van der Waals surface area contributed by atoms with Gasteiger partial charge in [-0.25, -0.2) is 5.84 Å². The summed E-state index contributed by atoms with van der Waals surface area (Å²) in [5.41, 5.74) is 5.27. The smallest absolute Gasteiger partial charge is 0.322 e. The van der Waals surface area contributed by atoms with Crippen LogP contribution in [-0.4, -0.2) is 46.7 Å². The fourth-order valence-electron chi connectivity index (χ4n) is 0.811. The first kappa shape index (κ1) is 8.75. The predicted molar refractivity (Wildman–Crippen MR) is 41.7 cm³/mol. The third-order valence-electron chi connectivity index (χ3n) is 1.41. The predicted octanol–water partition coefficient (Wildman–Crippen LogP) is -2.21. The van der Waals surface area contributed by atoms with Crippen LogP contribution in [0.4, 0.5) is 0 Å². The van der Waals surface area contributed by atoms with Gasteiger partial charge in [-0.2, -0.15) is 5.10 Å². The van der Waals surface area contributed by atoms with Gasteiger partial charge in [0.1, 0.15) is 19.0 Å². The van der Waals surface area contributed by atoms with Gasteiger partial charge in [-0.15, -0.1) is 0 Å². The number of hydrazine groups is 1. The molecule has 0 aromatic carbocycles. The number of hydrogen-bond acceptors (Lipinski definition) is 6. The van der Waals surface area contributed by atoms with Crippen molar-refractivity contribution in [3.63, 3.8) is 0 Å². The Bertz CT molecular complexity index is 206. The van der Waals surface area contributed by atoms with E-state index in [0.717, 1.165) is 0 Å². The molecular formula is C5H11N5O2. The Morgan fingerprint density at radius 1 is 1.83 bits per heavy atom. The van der Waals surface area contributed by atoms with Crippen LogP contribution in [0.2, 0.25) is 0 Å². The van der Waals surface area contributed by atoms with Gasteiger partial charge in [0.2, 0.25) is 0 Å². The number of carboxylic acids is 1. The van der Waals surface area contributed by atoms with Crippen molar-refractivity contribution >= 4 is 12.3 Å². The van der Waals surface area contributed by atoms with E-state index in [0.29, 0.717) is 6.67 Å². The molecule has 0 aromatic rings. The van der Waals surface area contributed by atoms with E-state index < -0.39 is 12.0 Å². The van der Waals surface area contributed by atoms with Crippen LogP contribution in [0, 0.1) is 0 Å². The molecule has 12 heavy (non-hydrogen) atoms. The minimum absolute atomic E-state index is 0.166. The maximum atomic E-state index is 10.3. The molecule has 0 aromatic heterocycles. The fraction of sp³-hybridized carbons (Fsp3) is 0.600. The SMILES string of the molecule is NC(CN1CN(N)C=N1)C(=O)O. The topological polar surface area (TPSA) is 108 Å². The summed E-state index contributed by atoms with van der Waals surface area (Å²) in [4.78, 5) is 10.3. The van der Waals surface area contributed by atoms with Crippen LogP contribution in [0.15, 0.2) is 5.10 Å². The molecule has 0 fully saturated rings. The van der Waals surface area contributed by atoms with Crippen molar-refractivity contribution in [2.24, 2.45) is 16.7 Å². The normalized spacial score (nSPS) is 18.5. The summed E-state index contributed by atoms with van der Waals surface area (Å²) in [6.07, 6.45) is 1.41. The lowest BCUT2D eigenvalue weighted by molar-refractivity contribution is -0.139. The standard InChI is InChI=1S/C5H11N5O2/c6-4(5(11)12)1-10-3-9(7)2-8-10/h2,4H,1,3,6-7H2,(H,11,12). The van der Waals surface area contributed by atoms with Crippen LogP contribution in [0.5, 0.6) is 0 Å². The number of hydrogen-bond donors (Lipinski definition) is 3. The first-order chi connectivity index (χ1) is 5.59. The molecule has 68 valence electrons. The Hall–Kier alpha value is -1.34. The molecule has 5 N–H and O–H groups in total. The summed E-state index contributed by atoms with van der Waals surface area (Å²) in [5, 5.41) is 15.1. The Balaban J connectivity index is 2.33. The number of rotatable bonds is 3. The van der Waals surface area contributed by atoms with E-state index >= 15 is 0 Å². The monoisotopic (exact) mass is 173 g/mol. The van der Waals surface area contributed by atoms with Crippen LogP contribution < -0.4 is 11.6 Å². The lowest BCUT2D eigenvalue weighted by Gasteiger charge is -2.17. The van der Waals surface area contributed by atoms with E-state index in [2.05, 4.69) is 5.10 Å². The highest BCUT2D eigenvalue weighted by molar-refractivity contribution is 5.73. The second-order valence-electron chi connectivity index (χ2n) is 2.52.